The number of carbonyl (C=O) groups excluding carboxylic acids is 1. The van der Waals surface area contributed by atoms with Gasteiger partial charge in [0.15, 0.2) is 5.82 Å². The molecule has 0 radical (unpaired) electrons. The molecule has 3 N–H and O–H groups in total. The number of nitrogens with zero attached hydrogens (tertiary/aromatic N) is 3. The van der Waals surface area contributed by atoms with Gasteiger partial charge in [0.2, 0.25) is 10.0 Å². The number of sulfonamides is 1. The minimum Gasteiger partial charge on any atom is -0.288 e. The van der Waals surface area contributed by atoms with E-state index < -0.39 is 16.1 Å². The topological polar surface area (TPSA) is 119 Å². The Labute approximate surface area is 154 Å². The van der Waals surface area contributed by atoms with Crippen LogP contribution in [-0.4, -0.2) is 24.2 Å². The summed E-state index contributed by atoms with van der Waals surface area (Å²) >= 11 is 4.36. The zero-order valence-electron chi connectivity index (χ0n) is 13.2. The minimum atomic E-state index is -3.79. The summed E-state index contributed by atoms with van der Waals surface area (Å²) in [4.78, 5) is 11.4. The summed E-state index contributed by atoms with van der Waals surface area (Å²) in [6.07, 6.45) is 0. The van der Waals surface area contributed by atoms with Crippen molar-refractivity contribution in [1.82, 2.24) is 9.78 Å². The van der Waals surface area contributed by atoms with Crippen molar-refractivity contribution in [2.75, 3.05) is 5.32 Å². The van der Waals surface area contributed by atoms with E-state index in [1.807, 2.05) is 30.3 Å². The van der Waals surface area contributed by atoms with Gasteiger partial charge in [-0.25, -0.2) is 23.0 Å². The van der Waals surface area contributed by atoms with Crippen LogP contribution in [-0.2, 0) is 22.4 Å². The SMILES string of the molecule is NS(=O)(=O)c1ccc(-n2nc(NC(=O)N=S)cc2-c2ccccc2)cc1. The van der Waals surface area contributed by atoms with Gasteiger partial charge in [0.25, 0.3) is 0 Å². The molecule has 26 heavy (non-hydrogen) atoms. The van der Waals surface area contributed by atoms with Crippen LogP contribution in [0.1, 0.15) is 0 Å². The van der Waals surface area contributed by atoms with Crippen molar-refractivity contribution in [3.63, 3.8) is 0 Å². The third-order valence-electron chi connectivity index (χ3n) is 3.51. The van der Waals surface area contributed by atoms with Gasteiger partial charge in [-0.15, -0.1) is 9.46 Å². The van der Waals surface area contributed by atoms with Crippen LogP contribution in [0, 0.1) is 0 Å². The van der Waals surface area contributed by atoms with Gasteiger partial charge in [-0.05, 0) is 24.3 Å². The van der Waals surface area contributed by atoms with Crippen molar-refractivity contribution in [3.05, 3.63) is 60.7 Å². The number of carbonyl (C=O) groups is 1. The Morgan fingerprint density at radius 1 is 1.12 bits per heavy atom. The average molecular weight is 387 g/mol. The number of urea groups is 1. The van der Waals surface area contributed by atoms with Gasteiger partial charge in [0, 0.05) is 24.1 Å². The highest BCUT2D eigenvalue weighted by molar-refractivity contribution is 7.89. The molecule has 0 aliphatic rings. The molecule has 0 saturated carbocycles. The van der Waals surface area contributed by atoms with Gasteiger partial charge >= 0.3 is 6.03 Å². The lowest BCUT2D eigenvalue weighted by Gasteiger charge is -2.08. The molecule has 1 aromatic heterocycles. The van der Waals surface area contributed by atoms with E-state index in [4.69, 9.17) is 5.14 Å². The quantitative estimate of drug-likeness (QED) is 0.712. The van der Waals surface area contributed by atoms with Gasteiger partial charge in [-0.2, -0.15) is 0 Å². The maximum Gasteiger partial charge on any atom is 0.358 e. The molecule has 0 aliphatic carbocycles. The smallest absolute Gasteiger partial charge is 0.288 e. The predicted molar refractivity (Wildman–Crippen MR) is 99.2 cm³/mol. The number of primary sulfonamides is 1. The summed E-state index contributed by atoms with van der Waals surface area (Å²) in [6.45, 7) is 0. The molecule has 0 bridgehead atoms. The summed E-state index contributed by atoms with van der Waals surface area (Å²) < 4.78 is 27.5. The third-order valence-corrected chi connectivity index (χ3v) is 4.60. The molecule has 1 heterocycles. The number of benzene rings is 2. The predicted octanol–water partition coefficient (Wildman–Crippen LogP) is 2.45. The molecule has 8 nitrogen and oxygen atoms in total. The van der Waals surface area contributed by atoms with Gasteiger partial charge in [-0.1, -0.05) is 30.3 Å². The van der Waals surface area contributed by atoms with Crippen LogP contribution in [0.15, 0.2) is 69.9 Å². The Morgan fingerprint density at radius 3 is 2.35 bits per heavy atom. The largest absolute Gasteiger partial charge is 0.358 e. The molecule has 10 heteroatoms. The Morgan fingerprint density at radius 2 is 1.77 bits per heavy atom. The molecular weight excluding hydrogens is 374 g/mol. The molecule has 2 aromatic carbocycles. The Balaban J connectivity index is 2.10. The van der Waals surface area contributed by atoms with Crippen LogP contribution in [0.25, 0.3) is 16.9 Å². The fraction of sp³-hybridized carbons (Fsp3) is 0. The second kappa shape index (κ2) is 7.12. The lowest BCUT2D eigenvalue weighted by molar-refractivity contribution is 0.260. The molecule has 0 atom stereocenters. The number of hydrogen-bond acceptors (Lipinski definition) is 5. The molecule has 132 valence electrons. The maximum absolute atomic E-state index is 11.4. The van der Waals surface area contributed by atoms with Crippen molar-refractivity contribution < 1.29 is 13.2 Å². The van der Waals surface area contributed by atoms with Crippen molar-refractivity contribution in [3.8, 4) is 16.9 Å². The highest BCUT2D eigenvalue weighted by Gasteiger charge is 2.14. The summed E-state index contributed by atoms with van der Waals surface area (Å²) in [5.74, 6) is 0.262. The molecule has 0 spiro atoms. The Hall–Kier alpha value is -2.95. The zero-order valence-corrected chi connectivity index (χ0v) is 14.9. The highest BCUT2D eigenvalue weighted by atomic mass is 32.2. The minimum absolute atomic E-state index is 0.00639. The van der Waals surface area contributed by atoms with E-state index in [1.54, 1.807) is 22.9 Å². The molecule has 0 unspecified atom stereocenters. The van der Waals surface area contributed by atoms with Crippen molar-refractivity contribution in [1.29, 1.82) is 0 Å². The van der Waals surface area contributed by atoms with Gasteiger partial charge < -0.3 is 0 Å². The summed E-state index contributed by atoms with van der Waals surface area (Å²) in [5, 5.41) is 11.9. The first-order chi connectivity index (χ1) is 12.4. The molecule has 3 rings (SSSR count). The number of nitrogens with one attached hydrogen (secondary N) is 1. The second-order valence-electron chi connectivity index (χ2n) is 5.25. The summed E-state index contributed by atoms with van der Waals surface area (Å²) in [7, 11) is -3.79. The summed E-state index contributed by atoms with van der Waals surface area (Å²) in [5.41, 5.74) is 2.13. The van der Waals surface area contributed by atoms with Crippen molar-refractivity contribution in [2.24, 2.45) is 9.50 Å². The number of rotatable bonds is 4. The van der Waals surface area contributed by atoms with E-state index in [1.165, 1.54) is 12.1 Å². The van der Waals surface area contributed by atoms with Crippen LogP contribution >= 0.6 is 0 Å². The van der Waals surface area contributed by atoms with E-state index in [-0.39, 0.29) is 10.7 Å². The monoisotopic (exact) mass is 387 g/mol. The van der Waals surface area contributed by atoms with Gasteiger partial charge in [0.05, 0.1) is 16.3 Å². The van der Waals surface area contributed by atoms with E-state index in [0.717, 1.165) is 5.56 Å². The molecular formula is C16H13N5O3S2. The first-order valence-corrected chi connectivity index (χ1v) is 9.23. The normalized spacial score (nSPS) is 11.1. The first kappa shape index (κ1) is 17.9. The standard InChI is InChI=1S/C16H13N5O3S2/c17-26(23,24)13-8-6-12(7-9-13)21-14(11-4-2-1-3-5-11)10-15(19-21)18-16(22)20-25/h1-10H,(H2,17,23,24)(H,18,19,22). The number of amides is 2. The first-order valence-electron chi connectivity index (χ1n) is 7.31. The van der Waals surface area contributed by atoms with Crippen molar-refractivity contribution in [2.45, 2.75) is 4.90 Å². The molecule has 0 aliphatic heterocycles. The average Bonchev–Trinajstić information content (AvgIpc) is 3.05. The fourth-order valence-electron chi connectivity index (χ4n) is 2.36. The lowest BCUT2D eigenvalue weighted by atomic mass is 10.1. The maximum atomic E-state index is 11.4. The molecule has 0 saturated heterocycles. The number of anilines is 1. The van der Waals surface area contributed by atoms with Crippen LogP contribution in [0.5, 0.6) is 0 Å². The Kier molecular flexibility index (Phi) is 4.89. The van der Waals surface area contributed by atoms with E-state index in [2.05, 4.69) is 27.2 Å². The van der Waals surface area contributed by atoms with E-state index in [9.17, 15) is 13.2 Å². The molecule has 3 aromatic rings. The van der Waals surface area contributed by atoms with Gasteiger partial charge in [0.1, 0.15) is 0 Å². The third kappa shape index (κ3) is 3.82. The molecule has 2 amide bonds. The van der Waals surface area contributed by atoms with E-state index in [0.29, 0.717) is 11.4 Å². The molecule has 0 fully saturated rings. The lowest BCUT2D eigenvalue weighted by Crippen LogP contribution is -2.12. The van der Waals surface area contributed by atoms with Crippen LogP contribution in [0.3, 0.4) is 0 Å². The van der Waals surface area contributed by atoms with Crippen molar-refractivity contribution >= 4 is 34.3 Å². The number of nitrogens with two attached hydrogens (primary N) is 1. The van der Waals surface area contributed by atoms with Crippen LogP contribution in [0.4, 0.5) is 10.6 Å². The van der Waals surface area contributed by atoms with Crippen LogP contribution in [0.2, 0.25) is 0 Å². The Bertz CT molecular complexity index is 1060. The highest BCUT2D eigenvalue weighted by Crippen LogP contribution is 2.26. The van der Waals surface area contributed by atoms with E-state index >= 15 is 0 Å². The second-order valence-corrected chi connectivity index (χ2v) is 7.00. The number of aromatic nitrogens is 2. The van der Waals surface area contributed by atoms with Gasteiger partial charge in [-0.3, -0.25) is 5.32 Å². The fourth-order valence-corrected chi connectivity index (χ4v) is 2.92. The van der Waals surface area contributed by atoms with Crippen LogP contribution < -0.4 is 10.5 Å². The zero-order chi connectivity index (χ0) is 18.7. The summed E-state index contributed by atoms with van der Waals surface area (Å²) in [6, 6.07) is 16.3. The number of hydrogen-bond donors (Lipinski definition) is 2.